The zero-order chi connectivity index (χ0) is 23.7. The number of anilines is 1. The number of carbonyl (C=O) groups is 1. The minimum absolute atomic E-state index is 0.0413. The van der Waals surface area contributed by atoms with Crippen LogP contribution in [-0.2, 0) is 9.53 Å². The number of aromatic nitrogens is 2. The molecule has 1 saturated carbocycles. The molecular weight excluding hydrogens is 426 g/mol. The Kier molecular flexibility index (Phi) is 6.16. The Labute approximate surface area is 200 Å². The van der Waals surface area contributed by atoms with Crippen LogP contribution in [0, 0.1) is 11.3 Å². The number of piperazine rings is 1. The van der Waals surface area contributed by atoms with Crippen LogP contribution in [-0.4, -0.2) is 60.2 Å². The van der Waals surface area contributed by atoms with Crippen LogP contribution in [0.15, 0.2) is 42.7 Å². The molecule has 3 aromatic rings. The minimum Gasteiger partial charge on any atom is -0.384 e. The summed E-state index contributed by atoms with van der Waals surface area (Å²) in [5, 5.41) is 12.3. The molecule has 1 aliphatic carbocycles. The summed E-state index contributed by atoms with van der Waals surface area (Å²) in [6.07, 6.45) is 6.32. The largest absolute Gasteiger partial charge is 0.384 e. The molecule has 7 nitrogen and oxygen atoms in total. The van der Waals surface area contributed by atoms with Gasteiger partial charge in [-0.15, -0.1) is 0 Å². The Morgan fingerprint density at radius 3 is 2.82 bits per heavy atom. The van der Waals surface area contributed by atoms with E-state index in [-0.39, 0.29) is 11.9 Å². The molecule has 0 radical (unpaired) electrons. The lowest BCUT2D eigenvalue weighted by Gasteiger charge is -2.41. The van der Waals surface area contributed by atoms with E-state index in [2.05, 4.69) is 41.1 Å². The van der Waals surface area contributed by atoms with Gasteiger partial charge in [-0.05, 0) is 42.8 Å². The van der Waals surface area contributed by atoms with Gasteiger partial charge in [-0.25, -0.2) is 4.98 Å². The summed E-state index contributed by atoms with van der Waals surface area (Å²) < 4.78 is 5.07. The van der Waals surface area contributed by atoms with Crippen LogP contribution >= 0.6 is 0 Å². The fourth-order valence-electron chi connectivity index (χ4n) is 4.93. The number of nitriles is 1. The molecule has 1 amide bonds. The minimum atomic E-state index is 0.0413. The van der Waals surface area contributed by atoms with Crippen LogP contribution < -0.4 is 4.90 Å². The number of methoxy groups -OCH3 is 1. The maximum Gasteiger partial charge on any atom is 0.225 e. The Morgan fingerprint density at radius 1 is 1.24 bits per heavy atom. The molecule has 1 aromatic carbocycles. The fraction of sp³-hybridized carbons (Fsp3) is 0.407. The number of ether oxygens (including phenoxy) is 1. The molecule has 0 N–H and O–H groups in total. The van der Waals surface area contributed by atoms with Crippen LogP contribution in [0.25, 0.3) is 21.9 Å². The van der Waals surface area contributed by atoms with E-state index in [4.69, 9.17) is 9.72 Å². The molecular formula is C27H29N5O2. The molecule has 34 heavy (non-hydrogen) atoms. The lowest BCUT2D eigenvalue weighted by atomic mass is 9.95. The highest BCUT2D eigenvalue weighted by molar-refractivity contribution is 5.97. The lowest BCUT2D eigenvalue weighted by molar-refractivity contribution is -0.134. The molecule has 2 aliphatic rings. The average molecular weight is 456 g/mol. The van der Waals surface area contributed by atoms with E-state index in [1.54, 1.807) is 13.3 Å². The van der Waals surface area contributed by atoms with Gasteiger partial charge in [0.1, 0.15) is 11.9 Å². The van der Waals surface area contributed by atoms with E-state index in [9.17, 15) is 10.1 Å². The molecule has 2 fully saturated rings. The second-order valence-electron chi connectivity index (χ2n) is 9.21. The Bertz CT molecular complexity index is 1260. The van der Waals surface area contributed by atoms with E-state index in [1.807, 2.05) is 23.2 Å². The van der Waals surface area contributed by atoms with Gasteiger partial charge in [-0.3, -0.25) is 9.78 Å². The zero-order valence-electron chi connectivity index (χ0n) is 19.7. The van der Waals surface area contributed by atoms with Gasteiger partial charge in [-0.1, -0.05) is 18.2 Å². The average Bonchev–Trinajstić information content (AvgIpc) is 3.71. The van der Waals surface area contributed by atoms with Crippen molar-refractivity contribution in [2.45, 2.75) is 38.1 Å². The molecule has 174 valence electrons. The molecule has 1 atom stereocenters. The predicted molar refractivity (Wildman–Crippen MR) is 132 cm³/mol. The summed E-state index contributed by atoms with van der Waals surface area (Å²) in [6, 6.07) is 12.7. The molecule has 2 aromatic heterocycles. The van der Waals surface area contributed by atoms with Crippen molar-refractivity contribution < 1.29 is 9.53 Å². The van der Waals surface area contributed by atoms with Gasteiger partial charge in [0.2, 0.25) is 5.91 Å². The number of fused-ring (bicyclic) bond motifs is 1. The summed E-state index contributed by atoms with van der Waals surface area (Å²) in [6.45, 7) is 4.42. The van der Waals surface area contributed by atoms with Gasteiger partial charge >= 0.3 is 0 Å². The summed E-state index contributed by atoms with van der Waals surface area (Å²) in [4.78, 5) is 26.1. The van der Waals surface area contributed by atoms with Gasteiger partial charge in [0.25, 0.3) is 0 Å². The van der Waals surface area contributed by atoms with Crippen LogP contribution in [0.3, 0.4) is 0 Å². The van der Waals surface area contributed by atoms with Gasteiger partial charge < -0.3 is 14.5 Å². The van der Waals surface area contributed by atoms with E-state index in [1.165, 1.54) is 0 Å². The number of hydrogen-bond donors (Lipinski definition) is 0. The van der Waals surface area contributed by atoms with E-state index < -0.39 is 0 Å². The van der Waals surface area contributed by atoms with Gasteiger partial charge in [0, 0.05) is 62.0 Å². The topological polar surface area (TPSA) is 82.3 Å². The first-order valence-electron chi connectivity index (χ1n) is 11.9. The summed E-state index contributed by atoms with van der Waals surface area (Å²) in [7, 11) is 1.61. The lowest BCUT2D eigenvalue weighted by Crippen LogP contribution is -2.54. The first-order chi connectivity index (χ1) is 16.6. The third kappa shape index (κ3) is 4.22. The summed E-state index contributed by atoms with van der Waals surface area (Å²) in [5.74, 6) is 1.27. The van der Waals surface area contributed by atoms with Crippen molar-refractivity contribution >= 4 is 22.5 Å². The van der Waals surface area contributed by atoms with Gasteiger partial charge in [-0.2, -0.15) is 5.26 Å². The molecule has 1 aliphatic heterocycles. The van der Waals surface area contributed by atoms with Crippen LogP contribution in [0.2, 0.25) is 0 Å². The molecule has 0 spiro atoms. The molecule has 0 bridgehead atoms. The summed E-state index contributed by atoms with van der Waals surface area (Å²) in [5.41, 5.74) is 3.75. The molecule has 1 saturated heterocycles. The number of hydrogen-bond acceptors (Lipinski definition) is 6. The van der Waals surface area contributed by atoms with Crippen LogP contribution in [0.5, 0.6) is 0 Å². The number of benzene rings is 1. The Hall–Kier alpha value is -3.50. The molecule has 5 rings (SSSR count). The maximum absolute atomic E-state index is 12.5. The van der Waals surface area contributed by atoms with Crippen molar-refractivity contribution in [3.8, 4) is 17.2 Å². The van der Waals surface area contributed by atoms with E-state index >= 15 is 0 Å². The highest BCUT2D eigenvalue weighted by Gasteiger charge is 2.33. The fourth-order valence-corrected chi connectivity index (χ4v) is 4.93. The number of rotatable bonds is 6. The number of carbonyl (C=O) groups excluding carboxylic acids is 1. The van der Waals surface area contributed by atoms with Crippen molar-refractivity contribution in [1.82, 2.24) is 14.9 Å². The van der Waals surface area contributed by atoms with Gasteiger partial charge in [0.15, 0.2) is 0 Å². The van der Waals surface area contributed by atoms with Crippen molar-refractivity contribution in [3.05, 3.63) is 54.0 Å². The Balaban J connectivity index is 1.50. The highest BCUT2D eigenvalue weighted by Crippen LogP contribution is 2.46. The second-order valence-corrected chi connectivity index (χ2v) is 9.21. The number of nitrogens with zero attached hydrogens (tertiary/aromatic N) is 5. The predicted octanol–water partition coefficient (Wildman–Crippen LogP) is 4.12. The highest BCUT2D eigenvalue weighted by atomic mass is 16.5. The zero-order valence-corrected chi connectivity index (χ0v) is 19.7. The van der Waals surface area contributed by atoms with Crippen LogP contribution in [0.1, 0.15) is 43.4 Å². The first kappa shape index (κ1) is 22.3. The van der Waals surface area contributed by atoms with Crippen molar-refractivity contribution in [2.75, 3.05) is 38.3 Å². The van der Waals surface area contributed by atoms with E-state index in [0.29, 0.717) is 44.1 Å². The number of pyridine rings is 2. The SMILES string of the molecule is COCCC(=O)N1CCN(c2nc(C3CC3)c(-c3cccc4ccncc34)cc2C#N)CC1C. The molecule has 1 unspecified atom stereocenters. The molecule has 7 heteroatoms. The first-order valence-corrected chi connectivity index (χ1v) is 11.9. The summed E-state index contributed by atoms with van der Waals surface area (Å²) >= 11 is 0. The maximum atomic E-state index is 12.5. The van der Waals surface area contributed by atoms with E-state index in [0.717, 1.165) is 46.3 Å². The van der Waals surface area contributed by atoms with Crippen molar-refractivity contribution in [1.29, 1.82) is 5.26 Å². The van der Waals surface area contributed by atoms with Crippen LogP contribution in [0.4, 0.5) is 5.82 Å². The third-order valence-electron chi connectivity index (χ3n) is 6.86. The standard InChI is InChI=1S/C27H29N5O2/c1-18-17-31(11-12-32(18)25(33)9-13-34-2)27-21(15-28)14-23(26(30-27)20-6-7-20)22-5-3-4-19-8-10-29-16-24(19)22/h3-5,8,10,14,16,18,20H,6-7,9,11-13,17H2,1-2H3. The number of amides is 1. The quantitative estimate of drug-likeness (QED) is 0.556. The smallest absolute Gasteiger partial charge is 0.225 e. The van der Waals surface area contributed by atoms with Crippen molar-refractivity contribution in [2.24, 2.45) is 0 Å². The normalized spacial score (nSPS) is 18.2. The third-order valence-corrected chi connectivity index (χ3v) is 6.86. The Morgan fingerprint density at radius 2 is 2.09 bits per heavy atom. The monoisotopic (exact) mass is 455 g/mol. The second kappa shape index (κ2) is 9.40. The van der Waals surface area contributed by atoms with Crippen molar-refractivity contribution in [3.63, 3.8) is 0 Å². The molecule has 3 heterocycles. The van der Waals surface area contributed by atoms with Gasteiger partial charge in [0.05, 0.1) is 24.3 Å².